The van der Waals surface area contributed by atoms with Crippen LogP contribution in [0, 0.1) is 0 Å². The van der Waals surface area contributed by atoms with Crippen LogP contribution in [-0.4, -0.2) is 46.8 Å². The summed E-state index contributed by atoms with van der Waals surface area (Å²) in [6.07, 6.45) is 2.90. The van der Waals surface area contributed by atoms with Crippen molar-refractivity contribution in [2.45, 2.75) is 51.6 Å². The molecule has 2 unspecified atom stereocenters. The van der Waals surface area contributed by atoms with Crippen LogP contribution in [0.25, 0.3) is 0 Å². The summed E-state index contributed by atoms with van der Waals surface area (Å²) in [5, 5.41) is 0. The molecule has 2 saturated heterocycles. The van der Waals surface area contributed by atoms with E-state index in [1.807, 2.05) is 9.80 Å². The molecule has 0 saturated carbocycles. The summed E-state index contributed by atoms with van der Waals surface area (Å²) in [6.45, 7) is 5.96. The van der Waals surface area contributed by atoms with Crippen molar-refractivity contribution in [2.75, 3.05) is 13.1 Å². The quantitative estimate of drug-likeness (QED) is 0.516. The predicted molar refractivity (Wildman–Crippen MR) is 60.8 cm³/mol. The molecule has 2 amide bonds. The largest absolute Gasteiger partial charge is 0.336 e. The van der Waals surface area contributed by atoms with Gasteiger partial charge in [0.25, 0.3) is 0 Å². The lowest BCUT2D eigenvalue weighted by molar-refractivity contribution is -0.128. The molecule has 90 valence electrons. The average Bonchev–Trinajstić information content (AvgIpc) is 3.11. The molecule has 0 N–H and O–H groups in total. The normalized spacial score (nSPS) is 26.9. The lowest BCUT2D eigenvalue weighted by atomic mass is 10.2. The lowest BCUT2D eigenvalue weighted by Crippen LogP contribution is -2.14. The Morgan fingerprint density at radius 3 is 1.50 bits per heavy atom. The van der Waals surface area contributed by atoms with Crippen molar-refractivity contribution < 1.29 is 9.59 Å². The molecule has 2 atom stereocenters. The van der Waals surface area contributed by atoms with Crippen LogP contribution in [0.5, 0.6) is 0 Å². The molecule has 0 aromatic rings. The van der Waals surface area contributed by atoms with Crippen molar-refractivity contribution in [3.05, 3.63) is 0 Å². The highest BCUT2D eigenvalue weighted by atomic mass is 16.2. The summed E-state index contributed by atoms with van der Waals surface area (Å²) in [7, 11) is 0. The smallest absolute Gasteiger partial charge is 0.222 e. The number of hydrogen-bond acceptors (Lipinski definition) is 2. The average molecular weight is 224 g/mol. The van der Waals surface area contributed by atoms with Crippen molar-refractivity contribution in [3.63, 3.8) is 0 Å². The molecule has 2 heterocycles. The number of amides is 2. The lowest BCUT2D eigenvalue weighted by Gasteiger charge is -2.04. The van der Waals surface area contributed by atoms with Crippen LogP contribution < -0.4 is 0 Å². The zero-order valence-corrected chi connectivity index (χ0v) is 10.1. The Labute approximate surface area is 96.6 Å². The van der Waals surface area contributed by atoms with Gasteiger partial charge < -0.3 is 9.80 Å². The van der Waals surface area contributed by atoms with E-state index >= 15 is 0 Å². The highest BCUT2D eigenvalue weighted by Crippen LogP contribution is 2.20. The maximum absolute atomic E-state index is 11.5. The summed E-state index contributed by atoms with van der Waals surface area (Å²) in [6, 6.07) is 0.903. The molecule has 0 spiro atoms. The van der Waals surface area contributed by atoms with Crippen LogP contribution in [0.1, 0.15) is 39.5 Å². The second-order valence-electron chi connectivity index (χ2n) is 5.00. The van der Waals surface area contributed by atoms with Gasteiger partial charge in [-0.25, -0.2) is 0 Å². The summed E-state index contributed by atoms with van der Waals surface area (Å²) in [4.78, 5) is 26.7. The minimum Gasteiger partial charge on any atom is -0.336 e. The first-order valence-electron chi connectivity index (χ1n) is 6.18. The van der Waals surface area contributed by atoms with Crippen molar-refractivity contribution >= 4 is 11.8 Å². The third-order valence-electron chi connectivity index (χ3n) is 3.39. The highest BCUT2D eigenvalue weighted by molar-refractivity contribution is 5.80. The third-order valence-corrected chi connectivity index (χ3v) is 3.39. The second kappa shape index (κ2) is 4.44. The SMILES string of the molecule is CC1CN1C(=O)CCCCC(=O)N1CC1C. The van der Waals surface area contributed by atoms with Crippen LogP contribution in [0.2, 0.25) is 0 Å². The molecule has 0 aromatic carbocycles. The van der Waals surface area contributed by atoms with Crippen LogP contribution in [0.15, 0.2) is 0 Å². The number of unbranched alkanes of at least 4 members (excludes halogenated alkanes) is 1. The van der Waals surface area contributed by atoms with Gasteiger partial charge in [0.15, 0.2) is 0 Å². The Bertz CT molecular complexity index is 273. The van der Waals surface area contributed by atoms with Crippen molar-refractivity contribution in [1.29, 1.82) is 0 Å². The summed E-state index contributed by atoms with van der Waals surface area (Å²) in [5.41, 5.74) is 0. The summed E-state index contributed by atoms with van der Waals surface area (Å²) in [5.74, 6) is 0.500. The second-order valence-corrected chi connectivity index (χ2v) is 5.00. The van der Waals surface area contributed by atoms with E-state index in [1.165, 1.54) is 0 Å². The molecule has 2 aliphatic rings. The third kappa shape index (κ3) is 2.74. The van der Waals surface area contributed by atoms with E-state index in [0.717, 1.165) is 25.9 Å². The van der Waals surface area contributed by atoms with Gasteiger partial charge in [0.2, 0.25) is 11.8 Å². The first kappa shape index (κ1) is 11.4. The van der Waals surface area contributed by atoms with Crippen molar-refractivity contribution in [2.24, 2.45) is 0 Å². The zero-order valence-electron chi connectivity index (χ0n) is 10.1. The standard InChI is InChI=1S/C12H20N2O2/c1-9-7-13(9)11(15)5-3-4-6-12(16)14-8-10(14)2/h9-10H,3-8H2,1-2H3. The van der Waals surface area contributed by atoms with Gasteiger partial charge >= 0.3 is 0 Å². The van der Waals surface area contributed by atoms with Crippen LogP contribution >= 0.6 is 0 Å². The van der Waals surface area contributed by atoms with E-state index in [2.05, 4.69) is 13.8 Å². The molecule has 0 aliphatic carbocycles. The first-order chi connectivity index (χ1) is 7.59. The molecule has 16 heavy (non-hydrogen) atoms. The molecule has 4 nitrogen and oxygen atoms in total. The molecule has 0 radical (unpaired) electrons. The van der Waals surface area contributed by atoms with Gasteiger partial charge in [-0.05, 0) is 26.7 Å². The van der Waals surface area contributed by atoms with Gasteiger partial charge in [-0.3, -0.25) is 9.59 Å². The Morgan fingerprint density at radius 2 is 1.25 bits per heavy atom. The fourth-order valence-corrected chi connectivity index (χ4v) is 2.01. The Hall–Kier alpha value is -1.06. The first-order valence-corrected chi connectivity index (χ1v) is 6.18. The van der Waals surface area contributed by atoms with E-state index in [1.54, 1.807) is 0 Å². The molecule has 0 aromatic heterocycles. The van der Waals surface area contributed by atoms with E-state index in [0.29, 0.717) is 24.9 Å². The number of hydrogen-bond donors (Lipinski definition) is 0. The van der Waals surface area contributed by atoms with Gasteiger partial charge in [-0.15, -0.1) is 0 Å². The van der Waals surface area contributed by atoms with E-state index in [9.17, 15) is 9.59 Å². The molecule has 0 bridgehead atoms. The van der Waals surface area contributed by atoms with Gasteiger partial charge in [-0.1, -0.05) is 0 Å². The number of rotatable bonds is 5. The number of carbonyl (C=O) groups is 2. The summed E-state index contributed by atoms with van der Waals surface area (Å²) >= 11 is 0. The summed E-state index contributed by atoms with van der Waals surface area (Å²) < 4.78 is 0. The molecule has 2 rings (SSSR count). The Kier molecular flexibility index (Phi) is 3.17. The maximum atomic E-state index is 11.5. The minimum atomic E-state index is 0.250. The molecular formula is C12H20N2O2. The monoisotopic (exact) mass is 224 g/mol. The predicted octanol–water partition coefficient (Wildman–Crippen LogP) is 1.01. The van der Waals surface area contributed by atoms with Crippen LogP contribution in [0.3, 0.4) is 0 Å². The van der Waals surface area contributed by atoms with Crippen molar-refractivity contribution in [3.8, 4) is 0 Å². The van der Waals surface area contributed by atoms with Gasteiger partial charge in [-0.2, -0.15) is 0 Å². The van der Waals surface area contributed by atoms with Crippen LogP contribution in [0.4, 0.5) is 0 Å². The number of carbonyl (C=O) groups excluding carboxylic acids is 2. The van der Waals surface area contributed by atoms with Gasteiger partial charge in [0, 0.05) is 38.0 Å². The van der Waals surface area contributed by atoms with Gasteiger partial charge in [0.1, 0.15) is 0 Å². The minimum absolute atomic E-state index is 0.250. The number of nitrogens with zero attached hydrogens (tertiary/aromatic N) is 2. The highest BCUT2D eigenvalue weighted by Gasteiger charge is 2.34. The zero-order chi connectivity index (χ0) is 11.7. The van der Waals surface area contributed by atoms with Gasteiger partial charge in [0.05, 0.1) is 0 Å². The molecule has 2 fully saturated rings. The fourth-order valence-electron chi connectivity index (χ4n) is 2.01. The fraction of sp³-hybridized carbons (Fsp3) is 0.833. The maximum Gasteiger partial charge on any atom is 0.222 e. The van der Waals surface area contributed by atoms with E-state index < -0.39 is 0 Å². The van der Waals surface area contributed by atoms with Crippen LogP contribution in [-0.2, 0) is 9.59 Å². The van der Waals surface area contributed by atoms with Crippen molar-refractivity contribution in [1.82, 2.24) is 9.80 Å². The Balaban J connectivity index is 1.52. The van der Waals surface area contributed by atoms with E-state index in [4.69, 9.17) is 0 Å². The molecule has 2 aliphatic heterocycles. The molecular weight excluding hydrogens is 204 g/mol. The topological polar surface area (TPSA) is 40.2 Å². The molecule has 4 heteroatoms. The Morgan fingerprint density at radius 1 is 0.938 bits per heavy atom. The van der Waals surface area contributed by atoms with E-state index in [-0.39, 0.29) is 11.8 Å².